The van der Waals surface area contributed by atoms with Crippen LogP contribution in [0.2, 0.25) is 0 Å². The number of piperidine rings is 1. The van der Waals surface area contributed by atoms with Crippen LogP contribution in [0, 0.1) is 0 Å². The van der Waals surface area contributed by atoms with E-state index in [0.717, 1.165) is 19.4 Å². The van der Waals surface area contributed by atoms with E-state index in [1.54, 1.807) is 0 Å². The Bertz CT molecular complexity index is 301. The number of hydrogen-bond acceptors (Lipinski definition) is 3. The van der Waals surface area contributed by atoms with Crippen molar-refractivity contribution in [1.29, 1.82) is 0 Å². The molecule has 1 saturated heterocycles. The first-order valence-corrected chi connectivity index (χ1v) is 7.46. The van der Waals surface area contributed by atoms with Crippen LogP contribution in [-0.2, 0) is 10.2 Å². The van der Waals surface area contributed by atoms with Crippen LogP contribution in [0.3, 0.4) is 0 Å². The van der Waals surface area contributed by atoms with E-state index in [-0.39, 0.29) is 12.1 Å². The highest BCUT2D eigenvalue weighted by atomic mass is 32.2. The van der Waals surface area contributed by atoms with E-state index in [2.05, 4.69) is 10.0 Å². The van der Waals surface area contributed by atoms with Gasteiger partial charge in [-0.15, -0.1) is 0 Å². The topological polar surface area (TPSA) is 61.4 Å². The summed E-state index contributed by atoms with van der Waals surface area (Å²) < 4.78 is 28.2. The van der Waals surface area contributed by atoms with Gasteiger partial charge in [-0.05, 0) is 26.3 Å². The summed E-state index contributed by atoms with van der Waals surface area (Å²) in [5, 5.41) is 3.28. The predicted octanol–water partition coefficient (Wildman–Crippen LogP) is 0.303. The van der Waals surface area contributed by atoms with Gasteiger partial charge in [0.15, 0.2) is 0 Å². The molecule has 2 unspecified atom stereocenters. The second-order valence-corrected chi connectivity index (χ2v) is 5.90. The average molecular weight is 249 g/mol. The summed E-state index contributed by atoms with van der Waals surface area (Å²) in [4.78, 5) is 0. The maximum absolute atomic E-state index is 12.0. The van der Waals surface area contributed by atoms with E-state index in [0.29, 0.717) is 13.1 Å². The zero-order valence-corrected chi connectivity index (χ0v) is 11.2. The van der Waals surface area contributed by atoms with Crippen molar-refractivity contribution >= 4 is 10.2 Å². The monoisotopic (exact) mass is 249 g/mol. The summed E-state index contributed by atoms with van der Waals surface area (Å²) in [5.74, 6) is 0. The van der Waals surface area contributed by atoms with E-state index in [9.17, 15) is 8.42 Å². The summed E-state index contributed by atoms with van der Waals surface area (Å²) in [5.41, 5.74) is 0. The lowest BCUT2D eigenvalue weighted by molar-refractivity contribution is 0.337. The largest absolute Gasteiger partial charge is 0.313 e. The number of rotatable bonds is 5. The van der Waals surface area contributed by atoms with E-state index in [1.807, 2.05) is 20.8 Å². The highest BCUT2D eigenvalue weighted by molar-refractivity contribution is 7.87. The third-order valence-electron chi connectivity index (χ3n) is 3.11. The van der Waals surface area contributed by atoms with Crippen molar-refractivity contribution in [2.45, 2.75) is 45.7 Å². The number of nitrogens with one attached hydrogen (secondary N) is 2. The third-order valence-corrected chi connectivity index (χ3v) is 4.90. The fourth-order valence-electron chi connectivity index (χ4n) is 2.03. The van der Waals surface area contributed by atoms with Crippen molar-refractivity contribution in [2.24, 2.45) is 0 Å². The molecule has 16 heavy (non-hydrogen) atoms. The van der Waals surface area contributed by atoms with E-state index < -0.39 is 10.2 Å². The summed E-state index contributed by atoms with van der Waals surface area (Å²) in [6, 6.07) is 0.221. The Balaban J connectivity index is 2.63. The maximum Gasteiger partial charge on any atom is 0.279 e. The lowest BCUT2D eigenvalue weighted by atomic mass is 10.0. The van der Waals surface area contributed by atoms with Crippen LogP contribution in [-0.4, -0.2) is 44.4 Å². The quantitative estimate of drug-likeness (QED) is 0.737. The molecule has 96 valence electrons. The van der Waals surface area contributed by atoms with Crippen LogP contribution in [0.4, 0.5) is 0 Å². The molecular formula is C10H23N3O2S. The van der Waals surface area contributed by atoms with E-state index >= 15 is 0 Å². The smallest absolute Gasteiger partial charge is 0.279 e. The molecule has 1 aliphatic heterocycles. The molecule has 0 amide bonds. The minimum atomic E-state index is -3.31. The molecule has 0 spiro atoms. The van der Waals surface area contributed by atoms with Gasteiger partial charge in [-0.1, -0.05) is 13.8 Å². The molecule has 0 radical (unpaired) electrons. The third kappa shape index (κ3) is 3.41. The zero-order chi connectivity index (χ0) is 12.2. The van der Waals surface area contributed by atoms with Gasteiger partial charge in [0.2, 0.25) is 0 Å². The van der Waals surface area contributed by atoms with E-state index in [4.69, 9.17) is 0 Å². The van der Waals surface area contributed by atoms with Gasteiger partial charge < -0.3 is 5.32 Å². The van der Waals surface area contributed by atoms with Gasteiger partial charge in [0.25, 0.3) is 10.2 Å². The van der Waals surface area contributed by atoms with Crippen LogP contribution in [0.1, 0.15) is 33.6 Å². The second-order valence-electron chi connectivity index (χ2n) is 4.20. The molecule has 0 aromatic carbocycles. The van der Waals surface area contributed by atoms with Crippen molar-refractivity contribution in [3.05, 3.63) is 0 Å². The Morgan fingerprint density at radius 1 is 1.38 bits per heavy atom. The lowest BCUT2D eigenvalue weighted by Gasteiger charge is -2.32. The fourth-order valence-corrected chi connectivity index (χ4v) is 3.57. The molecule has 1 heterocycles. The van der Waals surface area contributed by atoms with Gasteiger partial charge in [-0.25, -0.2) is 0 Å². The van der Waals surface area contributed by atoms with Crippen molar-refractivity contribution in [3.8, 4) is 0 Å². The first-order valence-electron chi connectivity index (χ1n) is 6.02. The predicted molar refractivity (Wildman–Crippen MR) is 65.5 cm³/mol. The fraction of sp³-hybridized carbons (Fsp3) is 1.00. The van der Waals surface area contributed by atoms with Crippen molar-refractivity contribution in [1.82, 2.24) is 14.3 Å². The Morgan fingerprint density at radius 2 is 2.00 bits per heavy atom. The molecule has 1 fully saturated rings. The molecular weight excluding hydrogens is 226 g/mol. The second kappa shape index (κ2) is 5.95. The van der Waals surface area contributed by atoms with Crippen LogP contribution in [0.25, 0.3) is 0 Å². The van der Waals surface area contributed by atoms with Gasteiger partial charge in [0.1, 0.15) is 0 Å². The van der Waals surface area contributed by atoms with Gasteiger partial charge in [-0.2, -0.15) is 17.4 Å². The minimum absolute atomic E-state index is 0.0133. The van der Waals surface area contributed by atoms with Crippen LogP contribution in [0.5, 0.6) is 0 Å². The molecule has 0 saturated carbocycles. The molecule has 5 nitrogen and oxygen atoms in total. The summed E-state index contributed by atoms with van der Waals surface area (Å²) in [6.45, 7) is 7.73. The molecule has 1 aliphatic rings. The van der Waals surface area contributed by atoms with Gasteiger partial charge in [0, 0.05) is 25.2 Å². The maximum atomic E-state index is 12.0. The standard InChI is InChI=1S/C10H23N3O2S/c1-4-13(5-2)16(14,15)12-10-7-6-8-11-9(10)3/h9-12H,4-8H2,1-3H3. The molecule has 2 atom stereocenters. The highest BCUT2D eigenvalue weighted by Crippen LogP contribution is 2.10. The Hall–Kier alpha value is -0.170. The number of nitrogens with zero attached hydrogens (tertiary/aromatic N) is 1. The average Bonchev–Trinajstić information content (AvgIpc) is 2.22. The van der Waals surface area contributed by atoms with Crippen molar-refractivity contribution in [2.75, 3.05) is 19.6 Å². The number of hydrogen-bond donors (Lipinski definition) is 2. The van der Waals surface area contributed by atoms with Crippen LogP contribution in [0.15, 0.2) is 0 Å². The zero-order valence-electron chi connectivity index (χ0n) is 10.4. The minimum Gasteiger partial charge on any atom is -0.313 e. The van der Waals surface area contributed by atoms with E-state index in [1.165, 1.54) is 4.31 Å². The summed E-state index contributed by atoms with van der Waals surface area (Å²) in [7, 11) is -3.31. The van der Waals surface area contributed by atoms with Gasteiger partial charge >= 0.3 is 0 Å². The van der Waals surface area contributed by atoms with Crippen molar-refractivity contribution in [3.63, 3.8) is 0 Å². The van der Waals surface area contributed by atoms with Gasteiger partial charge in [-0.3, -0.25) is 0 Å². The molecule has 0 aliphatic carbocycles. The lowest BCUT2D eigenvalue weighted by Crippen LogP contribution is -2.54. The Morgan fingerprint density at radius 3 is 2.50 bits per heavy atom. The first-order chi connectivity index (χ1) is 7.51. The summed E-state index contributed by atoms with van der Waals surface area (Å²) >= 11 is 0. The molecule has 2 N–H and O–H groups in total. The molecule has 6 heteroatoms. The molecule has 0 aromatic heterocycles. The summed E-state index contributed by atoms with van der Waals surface area (Å²) in [6.07, 6.45) is 1.93. The normalized spacial score (nSPS) is 27.2. The van der Waals surface area contributed by atoms with Gasteiger partial charge in [0.05, 0.1) is 0 Å². The highest BCUT2D eigenvalue weighted by Gasteiger charge is 2.27. The van der Waals surface area contributed by atoms with Crippen molar-refractivity contribution < 1.29 is 8.42 Å². The molecule has 0 aromatic rings. The van der Waals surface area contributed by atoms with Crippen LogP contribution >= 0.6 is 0 Å². The molecule has 0 bridgehead atoms. The Labute approximate surface area is 98.8 Å². The SMILES string of the molecule is CCN(CC)S(=O)(=O)NC1CCCNC1C. The van der Waals surface area contributed by atoms with Crippen LogP contribution < -0.4 is 10.0 Å². The first kappa shape index (κ1) is 13.9. The Kier molecular flexibility index (Phi) is 5.17. The molecule has 1 rings (SSSR count).